The third-order valence-electron chi connectivity index (χ3n) is 2.52. The Bertz CT molecular complexity index is 462. The number of unbranched alkanes of at least 4 members (excludes halogenated alkanes) is 1. The first-order valence-corrected chi connectivity index (χ1v) is 5.88. The Balaban J connectivity index is 2.41. The van der Waals surface area contributed by atoms with E-state index in [0.29, 0.717) is 19.4 Å². The first kappa shape index (κ1) is 14.9. The molecule has 0 bridgehead atoms. The zero-order chi connectivity index (χ0) is 14.3. The molecule has 6 heteroatoms. The monoisotopic (exact) mass is 269 g/mol. The van der Waals surface area contributed by atoms with Crippen LogP contribution in [0.4, 0.5) is 4.39 Å². The van der Waals surface area contributed by atoms with Gasteiger partial charge in [-0.25, -0.2) is 4.39 Å². The number of benzene rings is 1. The Kier molecular flexibility index (Phi) is 5.78. The maximum Gasteiger partial charge on any atom is 0.303 e. The van der Waals surface area contributed by atoms with Crippen LogP contribution in [-0.2, 0) is 4.79 Å². The molecular weight excluding hydrogens is 253 g/mol. The van der Waals surface area contributed by atoms with Gasteiger partial charge in [-0.15, -0.1) is 0 Å². The highest BCUT2D eigenvalue weighted by atomic mass is 19.1. The van der Waals surface area contributed by atoms with E-state index < -0.39 is 17.7 Å². The lowest BCUT2D eigenvalue weighted by Crippen LogP contribution is -2.24. The molecule has 19 heavy (non-hydrogen) atoms. The molecule has 0 radical (unpaired) electrons. The van der Waals surface area contributed by atoms with Gasteiger partial charge < -0.3 is 15.2 Å². The lowest BCUT2D eigenvalue weighted by molar-refractivity contribution is -0.137. The Morgan fingerprint density at radius 2 is 2.11 bits per heavy atom. The Labute approximate surface area is 110 Å². The molecule has 0 aliphatic rings. The van der Waals surface area contributed by atoms with Gasteiger partial charge in [-0.1, -0.05) is 0 Å². The van der Waals surface area contributed by atoms with Crippen molar-refractivity contribution >= 4 is 11.9 Å². The second kappa shape index (κ2) is 7.35. The molecule has 0 unspecified atom stereocenters. The van der Waals surface area contributed by atoms with E-state index in [-0.39, 0.29) is 17.7 Å². The zero-order valence-electron chi connectivity index (χ0n) is 10.6. The van der Waals surface area contributed by atoms with Crippen molar-refractivity contribution in [1.82, 2.24) is 5.32 Å². The number of carbonyl (C=O) groups is 2. The van der Waals surface area contributed by atoms with E-state index >= 15 is 0 Å². The number of carboxylic acids is 1. The molecule has 0 saturated heterocycles. The zero-order valence-corrected chi connectivity index (χ0v) is 10.6. The van der Waals surface area contributed by atoms with E-state index in [4.69, 9.17) is 9.84 Å². The predicted octanol–water partition coefficient (Wildman–Crippen LogP) is 1.82. The van der Waals surface area contributed by atoms with Crippen LogP contribution in [0.5, 0.6) is 5.75 Å². The normalized spacial score (nSPS) is 10.0. The number of methoxy groups -OCH3 is 1. The van der Waals surface area contributed by atoms with Crippen LogP contribution < -0.4 is 10.1 Å². The molecule has 1 amide bonds. The minimum atomic E-state index is -0.858. The summed E-state index contributed by atoms with van der Waals surface area (Å²) in [5.74, 6) is -1.76. The fourth-order valence-corrected chi connectivity index (χ4v) is 1.51. The molecule has 1 aromatic rings. The maximum atomic E-state index is 13.4. The molecule has 0 aliphatic heterocycles. The second-order valence-corrected chi connectivity index (χ2v) is 3.96. The Morgan fingerprint density at radius 3 is 2.68 bits per heavy atom. The summed E-state index contributed by atoms with van der Waals surface area (Å²) in [5, 5.41) is 11.0. The fourth-order valence-electron chi connectivity index (χ4n) is 1.51. The van der Waals surface area contributed by atoms with Gasteiger partial charge in [0.1, 0.15) is 0 Å². The number of nitrogens with one attached hydrogen (secondary N) is 1. The Morgan fingerprint density at radius 1 is 1.37 bits per heavy atom. The van der Waals surface area contributed by atoms with Gasteiger partial charge in [0, 0.05) is 18.5 Å². The number of carboxylic acid groups (broad SMARTS) is 1. The number of rotatable bonds is 7. The van der Waals surface area contributed by atoms with E-state index in [1.165, 1.54) is 19.2 Å². The van der Waals surface area contributed by atoms with Gasteiger partial charge >= 0.3 is 5.97 Å². The van der Waals surface area contributed by atoms with Crippen molar-refractivity contribution in [3.05, 3.63) is 29.6 Å². The van der Waals surface area contributed by atoms with E-state index in [1.54, 1.807) is 0 Å². The largest absolute Gasteiger partial charge is 0.494 e. The summed E-state index contributed by atoms with van der Waals surface area (Å²) >= 11 is 0. The van der Waals surface area contributed by atoms with Gasteiger partial charge in [0.2, 0.25) is 0 Å². The van der Waals surface area contributed by atoms with Gasteiger partial charge in [-0.05, 0) is 31.0 Å². The highest BCUT2D eigenvalue weighted by molar-refractivity contribution is 5.94. The standard InChI is InChI=1S/C13H16FNO4/c1-19-11-6-5-9(8-10(11)14)13(18)15-7-3-2-4-12(16)17/h5-6,8H,2-4,7H2,1H3,(H,15,18)(H,16,17). The van der Waals surface area contributed by atoms with Crippen molar-refractivity contribution < 1.29 is 23.8 Å². The number of amides is 1. The maximum absolute atomic E-state index is 13.4. The molecule has 0 heterocycles. The van der Waals surface area contributed by atoms with Gasteiger partial charge in [0.05, 0.1) is 7.11 Å². The third-order valence-corrected chi connectivity index (χ3v) is 2.52. The van der Waals surface area contributed by atoms with Crippen molar-refractivity contribution in [3.8, 4) is 5.75 Å². The average molecular weight is 269 g/mol. The van der Waals surface area contributed by atoms with Crippen molar-refractivity contribution in [1.29, 1.82) is 0 Å². The summed E-state index contributed by atoms with van der Waals surface area (Å²) in [6, 6.07) is 3.95. The molecule has 0 aromatic heterocycles. The van der Waals surface area contributed by atoms with Crippen molar-refractivity contribution in [3.63, 3.8) is 0 Å². The van der Waals surface area contributed by atoms with Crippen LogP contribution in [-0.4, -0.2) is 30.6 Å². The Hall–Kier alpha value is -2.11. The van der Waals surface area contributed by atoms with Crippen LogP contribution in [0, 0.1) is 5.82 Å². The molecular formula is C13H16FNO4. The molecule has 5 nitrogen and oxygen atoms in total. The lowest BCUT2D eigenvalue weighted by atomic mass is 10.2. The fraction of sp³-hybridized carbons (Fsp3) is 0.385. The van der Waals surface area contributed by atoms with Crippen molar-refractivity contribution in [2.24, 2.45) is 0 Å². The third kappa shape index (κ3) is 4.95. The van der Waals surface area contributed by atoms with Crippen LogP contribution >= 0.6 is 0 Å². The van der Waals surface area contributed by atoms with Crippen molar-refractivity contribution in [2.75, 3.05) is 13.7 Å². The van der Waals surface area contributed by atoms with E-state index in [2.05, 4.69) is 5.32 Å². The summed E-state index contributed by atoms with van der Waals surface area (Å²) in [5.41, 5.74) is 0.205. The van der Waals surface area contributed by atoms with Gasteiger partial charge in [0.15, 0.2) is 11.6 Å². The lowest BCUT2D eigenvalue weighted by Gasteiger charge is -2.06. The average Bonchev–Trinajstić information content (AvgIpc) is 2.37. The molecule has 0 spiro atoms. The molecule has 0 fully saturated rings. The molecule has 2 N–H and O–H groups in total. The molecule has 0 atom stereocenters. The smallest absolute Gasteiger partial charge is 0.303 e. The topological polar surface area (TPSA) is 75.6 Å². The number of hydrogen-bond acceptors (Lipinski definition) is 3. The van der Waals surface area contributed by atoms with Crippen LogP contribution in [0.1, 0.15) is 29.6 Å². The summed E-state index contributed by atoms with van der Waals surface area (Å²) < 4.78 is 18.1. The highest BCUT2D eigenvalue weighted by Gasteiger charge is 2.09. The first-order chi connectivity index (χ1) is 9.04. The van der Waals surface area contributed by atoms with Gasteiger partial charge in [0.25, 0.3) is 5.91 Å². The van der Waals surface area contributed by atoms with E-state index in [9.17, 15) is 14.0 Å². The minimum absolute atomic E-state index is 0.0764. The van der Waals surface area contributed by atoms with Crippen molar-refractivity contribution in [2.45, 2.75) is 19.3 Å². The summed E-state index contributed by atoms with van der Waals surface area (Å²) in [4.78, 5) is 21.9. The number of ether oxygens (including phenoxy) is 1. The quantitative estimate of drug-likeness (QED) is 0.740. The summed E-state index contributed by atoms with van der Waals surface area (Å²) in [6.45, 7) is 0.361. The van der Waals surface area contributed by atoms with E-state index in [1.807, 2.05) is 0 Å². The number of carbonyl (C=O) groups excluding carboxylic acids is 1. The van der Waals surface area contributed by atoms with Crippen LogP contribution in [0.3, 0.4) is 0 Å². The van der Waals surface area contributed by atoms with Crippen LogP contribution in [0.25, 0.3) is 0 Å². The minimum Gasteiger partial charge on any atom is -0.494 e. The van der Waals surface area contributed by atoms with Crippen LogP contribution in [0.15, 0.2) is 18.2 Å². The highest BCUT2D eigenvalue weighted by Crippen LogP contribution is 2.17. The molecule has 104 valence electrons. The molecule has 1 rings (SSSR count). The number of hydrogen-bond donors (Lipinski definition) is 2. The second-order valence-electron chi connectivity index (χ2n) is 3.96. The molecule has 0 saturated carbocycles. The number of halogens is 1. The van der Waals surface area contributed by atoms with E-state index in [0.717, 1.165) is 6.07 Å². The SMILES string of the molecule is COc1ccc(C(=O)NCCCCC(=O)O)cc1F. The summed E-state index contributed by atoms with van der Waals surface area (Å²) in [6.07, 6.45) is 1.14. The predicted molar refractivity (Wildman–Crippen MR) is 66.8 cm³/mol. The number of aliphatic carboxylic acids is 1. The molecule has 1 aromatic carbocycles. The van der Waals surface area contributed by atoms with Gasteiger partial charge in [-0.3, -0.25) is 9.59 Å². The van der Waals surface area contributed by atoms with Crippen LogP contribution in [0.2, 0.25) is 0 Å². The summed E-state index contributed by atoms with van der Waals surface area (Å²) in [7, 11) is 1.35. The molecule has 0 aliphatic carbocycles. The first-order valence-electron chi connectivity index (χ1n) is 5.88. The van der Waals surface area contributed by atoms with Gasteiger partial charge in [-0.2, -0.15) is 0 Å².